The van der Waals surface area contributed by atoms with Gasteiger partial charge in [0.05, 0.1) is 6.04 Å². The van der Waals surface area contributed by atoms with Gasteiger partial charge in [-0.05, 0) is 24.0 Å². The zero-order valence-corrected chi connectivity index (χ0v) is 15.4. The van der Waals surface area contributed by atoms with Crippen molar-refractivity contribution in [3.05, 3.63) is 71.8 Å². The van der Waals surface area contributed by atoms with Gasteiger partial charge in [0.25, 0.3) is 0 Å². The van der Waals surface area contributed by atoms with Crippen LogP contribution in [0, 0.1) is 0 Å². The van der Waals surface area contributed by atoms with Crippen LogP contribution in [0.25, 0.3) is 0 Å². The minimum absolute atomic E-state index is 0.123. The van der Waals surface area contributed by atoms with E-state index >= 15 is 0 Å². The minimum Gasteiger partial charge on any atom is -0.386 e. The summed E-state index contributed by atoms with van der Waals surface area (Å²) in [6, 6.07) is 18.2. The number of carbonyl (C=O) groups excluding carboxylic acids is 2. The van der Waals surface area contributed by atoms with Crippen molar-refractivity contribution in [1.29, 1.82) is 0 Å². The zero-order chi connectivity index (χ0) is 19.1. The Hall–Kier alpha value is -2.66. The summed E-state index contributed by atoms with van der Waals surface area (Å²) >= 11 is 0. The second-order valence-electron chi connectivity index (χ2n) is 6.90. The van der Waals surface area contributed by atoms with Crippen molar-refractivity contribution in [1.82, 2.24) is 10.2 Å². The number of benzene rings is 2. The molecule has 0 bridgehead atoms. The fourth-order valence-electron chi connectivity index (χ4n) is 3.43. The molecule has 0 unspecified atom stereocenters. The minimum atomic E-state index is -0.853. The van der Waals surface area contributed by atoms with Gasteiger partial charge in [0.15, 0.2) is 0 Å². The molecule has 0 radical (unpaired) electrons. The Morgan fingerprint density at radius 3 is 2.26 bits per heavy atom. The normalized spacial score (nSPS) is 16.6. The first-order valence-electron chi connectivity index (χ1n) is 9.50. The van der Waals surface area contributed by atoms with Crippen LogP contribution in [-0.4, -0.2) is 34.9 Å². The van der Waals surface area contributed by atoms with Crippen LogP contribution in [0.5, 0.6) is 0 Å². The van der Waals surface area contributed by atoms with E-state index in [-0.39, 0.29) is 18.2 Å². The molecule has 0 aromatic heterocycles. The third kappa shape index (κ3) is 5.17. The number of aliphatic hydroxyl groups excluding tert-OH is 1. The molecule has 2 aromatic carbocycles. The summed E-state index contributed by atoms with van der Waals surface area (Å²) in [5.74, 6) is -0.0461. The van der Waals surface area contributed by atoms with Gasteiger partial charge in [0, 0.05) is 25.9 Å². The largest absolute Gasteiger partial charge is 0.386 e. The number of piperidine rings is 1. The lowest BCUT2D eigenvalue weighted by atomic mass is 9.95. The summed E-state index contributed by atoms with van der Waals surface area (Å²) in [7, 11) is 0. The molecule has 1 aliphatic rings. The highest BCUT2D eigenvalue weighted by atomic mass is 16.3. The quantitative estimate of drug-likeness (QED) is 0.791. The number of hydrogen-bond acceptors (Lipinski definition) is 3. The van der Waals surface area contributed by atoms with Crippen LogP contribution in [-0.2, 0) is 9.59 Å². The number of nitrogens with zero attached hydrogens (tertiary/aromatic N) is 1. The maximum Gasteiger partial charge on any atom is 0.222 e. The monoisotopic (exact) mass is 366 g/mol. The number of nitrogens with one attached hydrogen (secondary N) is 1. The fraction of sp³-hybridized carbons (Fsp3) is 0.364. The van der Waals surface area contributed by atoms with Crippen molar-refractivity contribution >= 4 is 11.8 Å². The van der Waals surface area contributed by atoms with E-state index in [0.717, 1.165) is 30.5 Å². The Morgan fingerprint density at radius 1 is 1.00 bits per heavy atom. The molecule has 0 spiro atoms. The Labute approximate surface area is 160 Å². The maximum absolute atomic E-state index is 12.6. The number of rotatable bonds is 7. The summed E-state index contributed by atoms with van der Waals surface area (Å²) in [6.07, 6.45) is 1.87. The third-order valence-corrected chi connectivity index (χ3v) is 4.96. The molecular weight excluding hydrogens is 340 g/mol. The summed E-state index contributed by atoms with van der Waals surface area (Å²) in [5, 5.41) is 13.8. The molecule has 3 rings (SSSR count). The molecule has 0 saturated carbocycles. The fourth-order valence-corrected chi connectivity index (χ4v) is 3.43. The summed E-state index contributed by atoms with van der Waals surface area (Å²) in [4.78, 5) is 26.2. The molecule has 27 heavy (non-hydrogen) atoms. The van der Waals surface area contributed by atoms with Crippen molar-refractivity contribution in [2.75, 3.05) is 13.1 Å². The number of amides is 2. The number of aliphatic hydroxyl groups is 1. The highest BCUT2D eigenvalue weighted by Gasteiger charge is 2.25. The predicted molar refractivity (Wildman–Crippen MR) is 104 cm³/mol. The molecule has 142 valence electrons. The van der Waals surface area contributed by atoms with Gasteiger partial charge >= 0.3 is 0 Å². The Kier molecular flexibility index (Phi) is 6.60. The highest BCUT2D eigenvalue weighted by Crippen LogP contribution is 2.28. The van der Waals surface area contributed by atoms with Crippen LogP contribution < -0.4 is 5.32 Å². The molecule has 2 N–H and O–H groups in total. The Bertz CT molecular complexity index is 749. The maximum atomic E-state index is 12.6. The molecule has 1 fully saturated rings. The smallest absolute Gasteiger partial charge is 0.222 e. The molecule has 5 heteroatoms. The number of likely N-dealkylation sites (tertiary alicyclic amines) is 1. The molecule has 1 saturated heterocycles. The van der Waals surface area contributed by atoms with Crippen LogP contribution >= 0.6 is 0 Å². The molecule has 2 aromatic rings. The predicted octanol–water partition coefficient (Wildman–Crippen LogP) is 2.98. The molecule has 2 amide bonds. The first-order valence-corrected chi connectivity index (χ1v) is 9.50. The molecule has 1 aliphatic heterocycles. The van der Waals surface area contributed by atoms with E-state index in [1.165, 1.54) is 0 Å². The van der Waals surface area contributed by atoms with Crippen LogP contribution in [0.4, 0.5) is 0 Å². The zero-order valence-electron chi connectivity index (χ0n) is 15.4. The summed E-state index contributed by atoms with van der Waals surface area (Å²) in [6.45, 7) is 1.15. The van der Waals surface area contributed by atoms with Gasteiger partial charge < -0.3 is 15.3 Å². The highest BCUT2D eigenvalue weighted by molar-refractivity contribution is 5.79. The van der Waals surface area contributed by atoms with Gasteiger partial charge in [-0.2, -0.15) is 0 Å². The van der Waals surface area contributed by atoms with Crippen molar-refractivity contribution in [3.63, 3.8) is 0 Å². The molecule has 2 atom stereocenters. The van der Waals surface area contributed by atoms with Crippen LogP contribution in [0.3, 0.4) is 0 Å². The molecule has 1 heterocycles. The molecule has 5 nitrogen and oxygen atoms in total. The van der Waals surface area contributed by atoms with Gasteiger partial charge in [-0.25, -0.2) is 0 Å². The van der Waals surface area contributed by atoms with E-state index < -0.39 is 12.1 Å². The van der Waals surface area contributed by atoms with Crippen molar-refractivity contribution in [2.45, 2.75) is 37.8 Å². The van der Waals surface area contributed by atoms with E-state index in [0.29, 0.717) is 13.0 Å². The lowest BCUT2D eigenvalue weighted by Gasteiger charge is -2.28. The average Bonchev–Trinajstić information content (AvgIpc) is 2.72. The first kappa shape index (κ1) is 19.1. The van der Waals surface area contributed by atoms with E-state index in [9.17, 15) is 14.7 Å². The number of carbonyl (C=O) groups is 2. The SMILES string of the molecule is O=C(CCN1CCCCC1=O)N[C@@H](c1ccccc1)[C@H](O)c1ccccc1. The van der Waals surface area contributed by atoms with Gasteiger partial charge in [0.1, 0.15) is 6.10 Å². The Morgan fingerprint density at radius 2 is 1.63 bits per heavy atom. The van der Waals surface area contributed by atoms with E-state index in [1.54, 1.807) is 4.90 Å². The van der Waals surface area contributed by atoms with Gasteiger partial charge in [0.2, 0.25) is 11.8 Å². The van der Waals surface area contributed by atoms with Crippen LogP contribution in [0.1, 0.15) is 49.0 Å². The lowest BCUT2D eigenvalue weighted by molar-refractivity contribution is -0.134. The van der Waals surface area contributed by atoms with Gasteiger partial charge in [-0.3, -0.25) is 9.59 Å². The van der Waals surface area contributed by atoms with Crippen LogP contribution in [0.2, 0.25) is 0 Å². The van der Waals surface area contributed by atoms with Gasteiger partial charge in [-0.1, -0.05) is 60.7 Å². The van der Waals surface area contributed by atoms with E-state index in [2.05, 4.69) is 5.32 Å². The molecular formula is C22H26N2O3. The van der Waals surface area contributed by atoms with Gasteiger partial charge in [-0.15, -0.1) is 0 Å². The first-order chi connectivity index (χ1) is 13.1. The third-order valence-electron chi connectivity index (χ3n) is 4.96. The topological polar surface area (TPSA) is 69.6 Å². The van der Waals surface area contributed by atoms with Crippen molar-refractivity contribution in [3.8, 4) is 0 Å². The van der Waals surface area contributed by atoms with E-state index in [4.69, 9.17) is 0 Å². The standard InChI is InChI=1S/C22H26N2O3/c25-19(14-16-24-15-8-7-13-20(24)26)23-21(17-9-3-1-4-10-17)22(27)18-11-5-2-6-12-18/h1-6,9-12,21-22,27H,7-8,13-16H2,(H,23,25)/t21-,22+/m0/s1. The lowest BCUT2D eigenvalue weighted by Crippen LogP contribution is -2.39. The second-order valence-corrected chi connectivity index (χ2v) is 6.90. The van der Waals surface area contributed by atoms with E-state index in [1.807, 2.05) is 60.7 Å². The summed E-state index contributed by atoms with van der Waals surface area (Å²) < 4.78 is 0. The van der Waals surface area contributed by atoms with Crippen LogP contribution in [0.15, 0.2) is 60.7 Å². The summed E-state index contributed by atoms with van der Waals surface area (Å²) in [5.41, 5.74) is 1.59. The average molecular weight is 366 g/mol. The van der Waals surface area contributed by atoms with Crippen molar-refractivity contribution in [2.24, 2.45) is 0 Å². The second kappa shape index (κ2) is 9.33. The van der Waals surface area contributed by atoms with Crippen molar-refractivity contribution < 1.29 is 14.7 Å². The molecule has 0 aliphatic carbocycles. The Balaban J connectivity index is 1.67. The number of hydrogen-bond donors (Lipinski definition) is 2.